The van der Waals surface area contributed by atoms with Crippen LogP contribution in [0.4, 0.5) is 26.7 Å². The van der Waals surface area contributed by atoms with Crippen molar-refractivity contribution in [1.82, 2.24) is 5.32 Å². The van der Waals surface area contributed by atoms with Crippen LogP contribution < -0.4 is 25.6 Å². The fraction of sp³-hybridized carbons (Fsp3) is 0.231. The van der Waals surface area contributed by atoms with Crippen LogP contribution in [0.25, 0.3) is 0 Å². The van der Waals surface area contributed by atoms with Gasteiger partial charge in [-0.25, -0.2) is 9.59 Å². The Morgan fingerprint density at radius 2 is 1.68 bits per heavy atom. The number of anilines is 3. The van der Waals surface area contributed by atoms with Crippen molar-refractivity contribution >= 4 is 40.7 Å². The van der Waals surface area contributed by atoms with Gasteiger partial charge in [-0.05, 0) is 73.0 Å². The van der Waals surface area contributed by atoms with E-state index in [4.69, 9.17) is 16.3 Å². The van der Waals surface area contributed by atoms with Gasteiger partial charge in [-0.2, -0.15) is 0 Å². The predicted octanol–water partition coefficient (Wildman–Crippen LogP) is 6.16. The number of methoxy groups -OCH3 is 1. The van der Waals surface area contributed by atoms with Gasteiger partial charge in [0, 0.05) is 35.2 Å². The van der Waals surface area contributed by atoms with Crippen molar-refractivity contribution in [1.29, 1.82) is 0 Å². The number of aryl methyl sites for hydroxylation is 1. The van der Waals surface area contributed by atoms with Crippen LogP contribution in [0, 0.1) is 0 Å². The summed E-state index contributed by atoms with van der Waals surface area (Å²) < 4.78 is 5.22. The highest BCUT2D eigenvalue weighted by Gasteiger charge is 2.16. The number of rotatable bonds is 9. The molecule has 178 valence electrons. The molecule has 0 aromatic heterocycles. The normalized spacial score (nSPS) is 10.3. The van der Waals surface area contributed by atoms with E-state index in [9.17, 15) is 9.59 Å². The van der Waals surface area contributed by atoms with Crippen LogP contribution in [0.15, 0.2) is 72.8 Å². The Labute approximate surface area is 205 Å². The van der Waals surface area contributed by atoms with E-state index >= 15 is 0 Å². The largest absolute Gasteiger partial charge is 0.497 e. The number of benzene rings is 3. The van der Waals surface area contributed by atoms with Crippen LogP contribution in [0.2, 0.25) is 5.02 Å². The van der Waals surface area contributed by atoms with Gasteiger partial charge in [0.2, 0.25) is 0 Å². The third-order valence-electron chi connectivity index (χ3n) is 5.17. The van der Waals surface area contributed by atoms with Crippen molar-refractivity contribution in [2.24, 2.45) is 0 Å². The molecule has 4 amide bonds. The van der Waals surface area contributed by atoms with Gasteiger partial charge in [-0.3, -0.25) is 4.90 Å². The van der Waals surface area contributed by atoms with Crippen molar-refractivity contribution in [3.8, 4) is 5.75 Å². The zero-order chi connectivity index (χ0) is 24.3. The van der Waals surface area contributed by atoms with Crippen LogP contribution in [0.1, 0.15) is 18.9 Å². The molecule has 34 heavy (non-hydrogen) atoms. The molecule has 0 aliphatic heterocycles. The van der Waals surface area contributed by atoms with Gasteiger partial charge in [0.1, 0.15) is 5.75 Å². The Morgan fingerprint density at radius 3 is 2.32 bits per heavy atom. The number of urea groups is 2. The van der Waals surface area contributed by atoms with Crippen molar-refractivity contribution in [2.75, 3.05) is 35.7 Å². The molecule has 3 aromatic carbocycles. The molecule has 3 rings (SSSR count). The topological polar surface area (TPSA) is 82.7 Å². The molecule has 0 heterocycles. The van der Waals surface area contributed by atoms with Crippen molar-refractivity contribution < 1.29 is 14.3 Å². The quantitative estimate of drug-likeness (QED) is 0.321. The van der Waals surface area contributed by atoms with Crippen molar-refractivity contribution in [3.63, 3.8) is 0 Å². The Bertz CT molecular complexity index is 1090. The molecule has 0 bridgehead atoms. The third kappa shape index (κ3) is 7.42. The molecular weight excluding hydrogens is 452 g/mol. The van der Waals surface area contributed by atoms with Gasteiger partial charge in [0.05, 0.1) is 7.11 Å². The maximum atomic E-state index is 13.0. The van der Waals surface area contributed by atoms with Crippen molar-refractivity contribution in [3.05, 3.63) is 83.4 Å². The number of halogens is 1. The highest BCUT2D eigenvalue weighted by atomic mass is 35.5. The van der Waals surface area contributed by atoms with E-state index < -0.39 is 0 Å². The van der Waals surface area contributed by atoms with E-state index in [0.29, 0.717) is 41.7 Å². The van der Waals surface area contributed by atoms with Crippen LogP contribution in [0.5, 0.6) is 5.75 Å². The molecule has 0 aliphatic carbocycles. The average molecular weight is 481 g/mol. The molecule has 0 spiro atoms. The van der Waals surface area contributed by atoms with Gasteiger partial charge >= 0.3 is 12.1 Å². The Kier molecular flexibility index (Phi) is 9.17. The fourth-order valence-electron chi connectivity index (χ4n) is 3.31. The van der Waals surface area contributed by atoms with E-state index in [2.05, 4.69) is 22.9 Å². The summed E-state index contributed by atoms with van der Waals surface area (Å²) in [6.45, 7) is 2.87. The number of nitrogens with zero attached hydrogens (tertiary/aromatic N) is 1. The Balaban J connectivity index is 1.58. The minimum absolute atomic E-state index is 0.288. The van der Waals surface area contributed by atoms with Crippen LogP contribution in [-0.2, 0) is 6.42 Å². The lowest BCUT2D eigenvalue weighted by Crippen LogP contribution is -2.38. The molecular formula is C26H29ClN4O3. The second kappa shape index (κ2) is 12.5. The van der Waals surface area contributed by atoms with Gasteiger partial charge in [-0.1, -0.05) is 36.7 Å². The highest BCUT2D eigenvalue weighted by Crippen LogP contribution is 2.22. The first-order valence-electron chi connectivity index (χ1n) is 11.1. The highest BCUT2D eigenvalue weighted by molar-refractivity contribution is 6.30. The van der Waals surface area contributed by atoms with Gasteiger partial charge in [0.25, 0.3) is 0 Å². The Morgan fingerprint density at radius 1 is 0.941 bits per heavy atom. The smallest absolute Gasteiger partial charge is 0.326 e. The van der Waals surface area contributed by atoms with E-state index in [1.54, 1.807) is 48.4 Å². The third-order valence-corrected chi connectivity index (χ3v) is 5.40. The molecule has 0 saturated heterocycles. The monoisotopic (exact) mass is 480 g/mol. The first-order valence-corrected chi connectivity index (χ1v) is 11.5. The van der Waals surface area contributed by atoms with Gasteiger partial charge < -0.3 is 20.7 Å². The zero-order valence-corrected chi connectivity index (χ0v) is 20.1. The molecule has 0 unspecified atom stereocenters. The van der Waals surface area contributed by atoms with E-state index in [1.807, 2.05) is 36.4 Å². The molecule has 0 saturated carbocycles. The number of hydrogen-bond acceptors (Lipinski definition) is 3. The lowest BCUT2D eigenvalue weighted by Gasteiger charge is -2.24. The summed E-state index contributed by atoms with van der Waals surface area (Å²) >= 11 is 6.04. The number of amides is 4. The predicted molar refractivity (Wildman–Crippen MR) is 138 cm³/mol. The summed E-state index contributed by atoms with van der Waals surface area (Å²) in [7, 11) is 1.59. The van der Waals surface area contributed by atoms with Crippen LogP contribution in [-0.4, -0.2) is 32.3 Å². The lowest BCUT2D eigenvalue weighted by molar-refractivity contribution is 0.252. The molecule has 0 aliphatic rings. The lowest BCUT2D eigenvalue weighted by atomic mass is 10.1. The van der Waals surface area contributed by atoms with Crippen LogP contribution in [0.3, 0.4) is 0 Å². The molecule has 0 atom stereocenters. The van der Waals surface area contributed by atoms with Crippen molar-refractivity contribution in [2.45, 2.75) is 19.8 Å². The summed E-state index contributed by atoms with van der Waals surface area (Å²) in [5.41, 5.74) is 3.25. The number of ether oxygens (including phenoxy) is 1. The first-order chi connectivity index (χ1) is 16.5. The minimum atomic E-state index is -0.298. The maximum Gasteiger partial charge on any atom is 0.326 e. The number of nitrogens with one attached hydrogen (secondary N) is 3. The molecule has 0 fully saturated rings. The number of carbonyl (C=O) groups excluding carboxylic acids is 2. The summed E-state index contributed by atoms with van der Waals surface area (Å²) in [6, 6.07) is 21.3. The number of hydrogen-bond donors (Lipinski definition) is 3. The second-order valence-electron chi connectivity index (χ2n) is 7.58. The Hall–Kier alpha value is -3.71. The SMILES string of the molecule is CCc1ccc(NC(=O)NCCCN(C(=O)Nc2cccc(Cl)c2)c2ccc(OC)cc2)cc1. The molecule has 3 N–H and O–H groups in total. The zero-order valence-electron chi connectivity index (χ0n) is 19.3. The fourth-order valence-corrected chi connectivity index (χ4v) is 3.50. The molecule has 8 heteroatoms. The summed E-state index contributed by atoms with van der Waals surface area (Å²) in [6.07, 6.45) is 1.50. The van der Waals surface area contributed by atoms with Gasteiger partial charge in [-0.15, -0.1) is 0 Å². The average Bonchev–Trinajstić information content (AvgIpc) is 2.84. The standard InChI is InChI=1S/C26H29ClN4O3/c1-3-19-8-10-21(11-9-19)29-25(32)28-16-5-17-31(23-12-14-24(34-2)15-13-23)26(33)30-22-7-4-6-20(27)18-22/h4,6-15,18H,3,5,16-17H2,1-2H3,(H,30,33)(H2,28,29,32). The molecule has 0 radical (unpaired) electrons. The number of carbonyl (C=O) groups is 2. The van der Waals surface area contributed by atoms with E-state index in [1.165, 1.54) is 5.56 Å². The molecule has 3 aromatic rings. The summed E-state index contributed by atoms with van der Waals surface area (Å²) in [5, 5.41) is 9.06. The minimum Gasteiger partial charge on any atom is -0.497 e. The second-order valence-corrected chi connectivity index (χ2v) is 8.01. The van der Waals surface area contributed by atoms with Crippen LogP contribution >= 0.6 is 11.6 Å². The molecule has 7 nitrogen and oxygen atoms in total. The van der Waals surface area contributed by atoms with E-state index in [-0.39, 0.29) is 12.1 Å². The van der Waals surface area contributed by atoms with Gasteiger partial charge in [0.15, 0.2) is 0 Å². The summed E-state index contributed by atoms with van der Waals surface area (Å²) in [5.74, 6) is 0.698. The first kappa shape index (κ1) is 24.9. The maximum absolute atomic E-state index is 13.0. The summed E-state index contributed by atoms with van der Waals surface area (Å²) in [4.78, 5) is 26.9. The van der Waals surface area contributed by atoms with E-state index in [0.717, 1.165) is 12.1 Å².